The molecule has 2 rings (SSSR count). The average molecular weight is 260 g/mol. The summed E-state index contributed by atoms with van der Waals surface area (Å²) in [6.45, 7) is 2.45. The molecule has 2 aliphatic heterocycles. The van der Waals surface area contributed by atoms with Crippen molar-refractivity contribution in [3.63, 3.8) is 0 Å². The predicted molar refractivity (Wildman–Crippen MR) is 53.0 cm³/mol. The highest BCUT2D eigenvalue weighted by atomic mass is 16.6. The lowest BCUT2D eigenvalue weighted by Crippen LogP contribution is -2.35. The largest absolute Gasteiger partial charge is 0.451 e. The van der Waals surface area contributed by atoms with E-state index in [1.54, 1.807) is 0 Å². The maximum atomic E-state index is 10.4. The highest BCUT2D eigenvalue weighted by Crippen LogP contribution is 2.02. The number of rotatable bonds is 0. The number of carbonyl (C=O) groups is 4. The number of hydrogen-bond acceptors (Lipinski definition) is 8. The fourth-order valence-corrected chi connectivity index (χ4v) is 1.05. The third-order valence-electron chi connectivity index (χ3n) is 1.94. The highest BCUT2D eigenvalue weighted by Gasteiger charge is 2.26. The van der Waals surface area contributed by atoms with Gasteiger partial charge in [-0.3, -0.25) is 0 Å². The molecule has 0 aromatic heterocycles. The summed E-state index contributed by atoms with van der Waals surface area (Å²) in [5.41, 5.74) is 0. The molecule has 0 bridgehead atoms. The Morgan fingerprint density at radius 2 is 1.11 bits per heavy atom. The van der Waals surface area contributed by atoms with Gasteiger partial charge in [-0.15, -0.1) is 0 Å². The summed E-state index contributed by atoms with van der Waals surface area (Å²) < 4.78 is 17.7. The van der Waals surface area contributed by atoms with Crippen molar-refractivity contribution in [2.45, 2.75) is 26.1 Å². The van der Waals surface area contributed by atoms with E-state index in [0.717, 1.165) is 0 Å². The van der Waals surface area contributed by atoms with Gasteiger partial charge < -0.3 is 18.9 Å². The van der Waals surface area contributed by atoms with Crippen LogP contribution in [0.1, 0.15) is 13.8 Å². The zero-order chi connectivity index (χ0) is 13.7. The van der Waals surface area contributed by atoms with Gasteiger partial charge in [0.15, 0.2) is 25.4 Å². The van der Waals surface area contributed by atoms with Crippen LogP contribution in [0.5, 0.6) is 0 Å². The molecule has 2 heterocycles. The topological polar surface area (TPSA) is 105 Å². The molecule has 18 heavy (non-hydrogen) atoms. The van der Waals surface area contributed by atoms with E-state index >= 15 is 0 Å². The van der Waals surface area contributed by atoms with Crippen molar-refractivity contribution >= 4 is 23.9 Å². The highest BCUT2D eigenvalue weighted by molar-refractivity contribution is 5.85. The van der Waals surface area contributed by atoms with Gasteiger partial charge >= 0.3 is 23.9 Å². The minimum absolute atomic E-state index is 0.247. The second-order valence-corrected chi connectivity index (χ2v) is 3.48. The molecule has 2 aliphatic rings. The summed E-state index contributed by atoms with van der Waals surface area (Å²) in [5.74, 6) is -1.92. The Morgan fingerprint density at radius 1 is 0.778 bits per heavy atom. The van der Waals surface area contributed by atoms with E-state index < -0.39 is 36.1 Å². The molecule has 2 unspecified atom stereocenters. The van der Waals surface area contributed by atoms with Gasteiger partial charge in [0, 0.05) is 0 Å². The van der Waals surface area contributed by atoms with Gasteiger partial charge in [-0.2, -0.15) is 0 Å². The van der Waals surface area contributed by atoms with Crippen molar-refractivity contribution in [3.05, 3.63) is 0 Å². The summed E-state index contributed by atoms with van der Waals surface area (Å²) in [7, 11) is 0. The van der Waals surface area contributed by atoms with E-state index in [-0.39, 0.29) is 13.2 Å². The van der Waals surface area contributed by atoms with E-state index in [4.69, 9.17) is 0 Å². The molecule has 8 heteroatoms. The van der Waals surface area contributed by atoms with Crippen LogP contribution >= 0.6 is 0 Å². The summed E-state index contributed by atoms with van der Waals surface area (Å²) in [6, 6.07) is 0. The first kappa shape index (κ1) is 13.9. The Bertz CT molecular complexity index is 338. The Hall–Kier alpha value is -2.12. The molecule has 0 amide bonds. The zero-order valence-corrected chi connectivity index (χ0v) is 9.83. The first-order valence-electron chi connectivity index (χ1n) is 5.12. The van der Waals surface area contributed by atoms with Gasteiger partial charge in [0.25, 0.3) is 0 Å². The maximum absolute atomic E-state index is 10.4. The van der Waals surface area contributed by atoms with Gasteiger partial charge in [-0.1, -0.05) is 0 Å². The van der Waals surface area contributed by atoms with Gasteiger partial charge in [-0.05, 0) is 13.8 Å². The summed E-state index contributed by atoms with van der Waals surface area (Å²) in [5, 5.41) is 0. The van der Waals surface area contributed by atoms with Crippen LogP contribution in [0.4, 0.5) is 0 Å². The SMILES string of the molecule is CC1OC(=O)COC1=O.CC1OC(=O)COC1=O. The van der Waals surface area contributed by atoms with E-state index in [0.29, 0.717) is 0 Å². The summed E-state index contributed by atoms with van der Waals surface area (Å²) >= 11 is 0. The van der Waals surface area contributed by atoms with Crippen LogP contribution in [0.2, 0.25) is 0 Å². The van der Waals surface area contributed by atoms with Gasteiger partial charge in [-0.25, -0.2) is 19.2 Å². The smallest absolute Gasteiger partial charge is 0.347 e. The molecule has 0 spiro atoms. The minimum Gasteiger partial charge on any atom is -0.451 e. The Morgan fingerprint density at radius 3 is 1.33 bits per heavy atom. The van der Waals surface area contributed by atoms with E-state index in [9.17, 15) is 19.2 Å². The Labute approximate surface area is 102 Å². The number of carbonyl (C=O) groups excluding carboxylic acids is 4. The average Bonchev–Trinajstić information content (AvgIpc) is 2.30. The second-order valence-electron chi connectivity index (χ2n) is 3.48. The molecule has 2 atom stereocenters. The first-order chi connectivity index (χ1) is 8.40. The van der Waals surface area contributed by atoms with Crippen molar-refractivity contribution < 1.29 is 38.1 Å². The van der Waals surface area contributed by atoms with Crippen molar-refractivity contribution in [2.75, 3.05) is 13.2 Å². The molecule has 0 aromatic rings. The molecule has 2 fully saturated rings. The molecule has 0 saturated carbocycles. The molecule has 0 N–H and O–H groups in total. The lowest BCUT2D eigenvalue weighted by Gasteiger charge is -2.16. The molecule has 100 valence electrons. The van der Waals surface area contributed by atoms with Crippen LogP contribution in [0, 0.1) is 0 Å². The maximum Gasteiger partial charge on any atom is 0.347 e. The Kier molecular flexibility index (Phi) is 4.64. The fourth-order valence-electron chi connectivity index (χ4n) is 1.05. The second kappa shape index (κ2) is 5.99. The van der Waals surface area contributed by atoms with Crippen LogP contribution < -0.4 is 0 Å². The minimum atomic E-state index is -0.730. The first-order valence-corrected chi connectivity index (χ1v) is 5.12. The molecule has 0 aliphatic carbocycles. The van der Waals surface area contributed by atoms with E-state index in [1.165, 1.54) is 13.8 Å². The molecule has 0 aromatic carbocycles. The van der Waals surface area contributed by atoms with Crippen LogP contribution in [0.15, 0.2) is 0 Å². The van der Waals surface area contributed by atoms with Crippen molar-refractivity contribution in [1.29, 1.82) is 0 Å². The van der Waals surface area contributed by atoms with Crippen LogP contribution in [0.25, 0.3) is 0 Å². The summed E-state index contributed by atoms with van der Waals surface area (Å²) in [4.78, 5) is 41.5. The standard InChI is InChI=1S/2C5H6O4/c2*1-3-5(7)8-2-4(6)9-3/h2*3H,2H2,1H3. The van der Waals surface area contributed by atoms with Crippen LogP contribution in [0.3, 0.4) is 0 Å². The molecule has 8 nitrogen and oxygen atoms in total. The Balaban J connectivity index is 0.000000180. The van der Waals surface area contributed by atoms with E-state index in [1.807, 2.05) is 0 Å². The van der Waals surface area contributed by atoms with E-state index in [2.05, 4.69) is 18.9 Å². The third kappa shape index (κ3) is 4.04. The number of cyclic esters (lactones) is 4. The third-order valence-corrected chi connectivity index (χ3v) is 1.94. The molecular weight excluding hydrogens is 248 g/mol. The number of ether oxygens (including phenoxy) is 4. The fraction of sp³-hybridized carbons (Fsp3) is 0.600. The van der Waals surface area contributed by atoms with Crippen molar-refractivity contribution in [2.24, 2.45) is 0 Å². The van der Waals surface area contributed by atoms with Crippen molar-refractivity contribution in [1.82, 2.24) is 0 Å². The number of hydrogen-bond donors (Lipinski definition) is 0. The lowest BCUT2D eigenvalue weighted by molar-refractivity contribution is -0.183. The van der Waals surface area contributed by atoms with Gasteiger partial charge in [0.1, 0.15) is 0 Å². The quantitative estimate of drug-likeness (QED) is 0.401. The van der Waals surface area contributed by atoms with Crippen LogP contribution in [-0.4, -0.2) is 49.3 Å². The molecule has 2 saturated heterocycles. The lowest BCUT2D eigenvalue weighted by atomic mass is 10.4. The summed E-state index contributed by atoms with van der Waals surface area (Å²) in [6.07, 6.45) is -1.46. The number of esters is 4. The molecule has 0 radical (unpaired) electrons. The zero-order valence-electron chi connectivity index (χ0n) is 9.83. The monoisotopic (exact) mass is 260 g/mol. The van der Waals surface area contributed by atoms with Gasteiger partial charge in [0.2, 0.25) is 0 Å². The van der Waals surface area contributed by atoms with Crippen molar-refractivity contribution in [3.8, 4) is 0 Å². The normalized spacial score (nSPS) is 27.0. The predicted octanol–water partition coefficient (Wildman–Crippen LogP) is -1.05. The van der Waals surface area contributed by atoms with Gasteiger partial charge in [0.05, 0.1) is 0 Å². The van der Waals surface area contributed by atoms with Crippen LogP contribution in [-0.2, 0) is 38.1 Å². The molecular formula is C10H12O8.